The summed E-state index contributed by atoms with van der Waals surface area (Å²) in [7, 11) is 0. The van der Waals surface area contributed by atoms with Crippen LogP contribution in [0.5, 0.6) is 0 Å². The third-order valence-electron chi connectivity index (χ3n) is 2.29. The van der Waals surface area contributed by atoms with Crippen molar-refractivity contribution in [3.05, 3.63) is 21.3 Å². The van der Waals surface area contributed by atoms with Gasteiger partial charge in [-0.3, -0.25) is 4.79 Å². The van der Waals surface area contributed by atoms with Crippen molar-refractivity contribution in [1.82, 2.24) is 5.32 Å². The van der Waals surface area contributed by atoms with Crippen LogP contribution in [0.2, 0.25) is 5.02 Å². The number of hydrogen-bond acceptors (Lipinski definition) is 2. The van der Waals surface area contributed by atoms with Gasteiger partial charge in [-0.1, -0.05) is 11.6 Å². The Hall–Kier alpha value is -0.540. The second-order valence-electron chi connectivity index (χ2n) is 3.17. The molecule has 1 saturated heterocycles. The Morgan fingerprint density at radius 3 is 3.08 bits per heavy atom. The highest BCUT2D eigenvalue weighted by Crippen LogP contribution is 2.27. The maximum Gasteiger partial charge on any atom is 0.223 e. The van der Waals surface area contributed by atoms with Gasteiger partial charge < -0.3 is 5.32 Å². The van der Waals surface area contributed by atoms with E-state index >= 15 is 0 Å². The summed E-state index contributed by atoms with van der Waals surface area (Å²) in [5.74, 6) is 0.306. The lowest BCUT2D eigenvalue weighted by Crippen LogP contribution is -2.20. The second-order valence-corrected chi connectivity index (χ2v) is 4.58. The minimum absolute atomic E-state index is 0.135. The Bertz CT molecular complexity index is 323. The smallest absolute Gasteiger partial charge is 0.223 e. The molecule has 0 aromatic carbocycles. The van der Waals surface area contributed by atoms with E-state index in [0.29, 0.717) is 0 Å². The molecule has 4 heteroatoms. The van der Waals surface area contributed by atoms with Gasteiger partial charge >= 0.3 is 0 Å². The average molecular weight is 216 g/mol. The molecule has 1 aliphatic heterocycles. The third-order valence-corrected chi connectivity index (χ3v) is 3.70. The van der Waals surface area contributed by atoms with Crippen LogP contribution in [0.1, 0.15) is 11.3 Å². The molecule has 1 aliphatic rings. The molecule has 2 heterocycles. The topological polar surface area (TPSA) is 29.1 Å². The standard InChI is InChI=1S/C9H10ClNOS/c10-7-2-4-13-8(7)5-6-1-3-11-9(6)12/h2,4,6H,1,3,5H2,(H,11,12). The maximum atomic E-state index is 11.3. The fraction of sp³-hybridized carbons (Fsp3) is 0.444. The Morgan fingerprint density at radius 2 is 2.54 bits per heavy atom. The van der Waals surface area contributed by atoms with Crippen LogP contribution in [0.15, 0.2) is 11.4 Å². The molecule has 1 unspecified atom stereocenters. The van der Waals surface area contributed by atoms with Gasteiger partial charge in [0.25, 0.3) is 0 Å². The minimum Gasteiger partial charge on any atom is -0.356 e. The molecular formula is C9H10ClNOS. The van der Waals surface area contributed by atoms with E-state index in [9.17, 15) is 4.79 Å². The number of halogens is 1. The maximum absolute atomic E-state index is 11.3. The zero-order valence-electron chi connectivity index (χ0n) is 7.05. The summed E-state index contributed by atoms with van der Waals surface area (Å²) in [4.78, 5) is 12.4. The fourth-order valence-corrected chi connectivity index (χ4v) is 2.73. The molecule has 1 fully saturated rings. The molecule has 0 saturated carbocycles. The van der Waals surface area contributed by atoms with Crippen LogP contribution in [0.25, 0.3) is 0 Å². The Balaban J connectivity index is 2.06. The molecular weight excluding hydrogens is 206 g/mol. The average Bonchev–Trinajstić information content (AvgIpc) is 2.65. The van der Waals surface area contributed by atoms with Crippen LogP contribution in [0.3, 0.4) is 0 Å². The lowest BCUT2D eigenvalue weighted by molar-refractivity contribution is -0.122. The van der Waals surface area contributed by atoms with Gasteiger partial charge in [0.15, 0.2) is 0 Å². The molecule has 0 radical (unpaired) electrons. The van der Waals surface area contributed by atoms with E-state index in [1.165, 1.54) is 0 Å². The van der Waals surface area contributed by atoms with E-state index in [-0.39, 0.29) is 11.8 Å². The molecule has 1 aromatic rings. The van der Waals surface area contributed by atoms with E-state index in [2.05, 4.69) is 5.32 Å². The first-order valence-corrected chi connectivity index (χ1v) is 5.52. The molecule has 2 nitrogen and oxygen atoms in total. The van der Waals surface area contributed by atoms with Crippen molar-refractivity contribution in [1.29, 1.82) is 0 Å². The molecule has 1 atom stereocenters. The monoisotopic (exact) mass is 215 g/mol. The SMILES string of the molecule is O=C1NCCC1Cc1sccc1Cl. The van der Waals surface area contributed by atoms with E-state index < -0.39 is 0 Å². The van der Waals surface area contributed by atoms with Crippen LogP contribution in [-0.2, 0) is 11.2 Å². The fourth-order valence-electron chi connectivity index (χ4n) is 1.53. The number of rotatable bonds is 2. The summed E-state index contributed by atoms with van der Waals surface area (Å²) in [6.45, 7) is 0.812. The van der Waals surface area contributed by atoms with Gasteiger partial charge in [-0.2, -0.15) is 0 Å². The van der Waals surface area contributed by atoms with Crippen molar-refractivity contribution in [3.63, 3.8) is 0 Å². The Kier molecular flexibility index (Phi) is 2.56. The third kappa shape index (κ3) is 1.86. The number of nitrogens with one attached hydrogen (secondary N) is 1. The summed E-state index contributed by atoms with van der Waals surface area (Å²) < 4.78 is 0. The molecule has 0 spiro atoms. The number of carbonyl (C=O) groups excluding carboxylic acids is 1. The van der Waals surface area contributed by atoms with Gasteiger partial charge in [-0.15, -0.1) is 11.3 Å². The number of carbonyl (C=O) groups is 1. The molecule has 1 N–H and O–H groups in total. The molecule has 0 bridgehead atoms. The predicted molar refractivity (Wildman–Crippen MR) is 54.1 cm³/mol. The van der Waals surface area contributed by atoms with Crippen molar-refractivity contribution in [3.8, 4) is 0 Å². The Labute approximate surface area is 85.9 Å². The highest BCUT2D eigenvalue weighted by atomic mass is 35.5. The van der Waals surface area contributed by atoms with Crippen molar-refractivity contribution < 1.29 is 4.79 Å². The Morgan fingerprint density at radius 1 is 1.69 bits per heavy atom. The minimum atomic E-state index is 0.135. The zero-order chi connectivity index (χ0) is 9.26. The van der Waals surface area contributed by atoms with Crippen molar-refractivity contribution in [2.75, 3.05) is 6.54 Å². The van der Waals surface area contributed by atoms with Crippen LogP contribution >= 0.6 is 22.9 Å². The van der Waals surface area contributed by atoms with Crippen LogP contribution in [0.4, 0.5) is 0 Å². The molecule has 13 heavy (non-hydrogen) atoms. The lowest BCUT2D eigenvalue weighted by Gasteiger charge is -2.04. The van der Waals surface area contributed by atoms with E-state index in [1.54, 1.807) is 11.3 Å². The van der Waals surface area contributed by atoms with Crippen LogP contribution < -0.4 is 5.32 Å². The first-order chi connectivity index (χ1) is 6.27. The molecule has 1 amide bonds. The summed E-state index contributed by atoms with van der Waals surface area (Å²) >= 11 is 7.57. The van der Waals surface area contributed by atoms with Crippen LogP contribution in [-0.4, -0.2) is 12.5 Å². The molecule has 2 rings (SSSR count). The summed E-state index contributed by atoms with van der Waals surface area (Å²) in [6.07, 6.45) is 1.73. The first kappa shape index (κ1) is 9.03. The number of hydrogen-bond donors (Lipinski definition) is 1. The lowest BCUT2D eigenvalue weighted by atomic mass is 10.0. The van der Waals surface area contributed by atoms with Gasteiger partial charge in [0.1, 0.15) is 0 Å². The predicted octanol–water partition coefficient (Wildman–Crippen LogP) is 2.08. The van der Waals surface area contributed by atoms with Crippen molar-refractivity contribution in [2.45, 2.75) is 12.8 Å². The van der Waals surface area contributed by atoms with Crippen molar-refractivity contribution in [2.24, 2.45) is 5.92 Å². The largest absolute Gasteiger partial charge is 0.356 e. The second kappa shape index (κ2) is 3.68. The van der Waals surface area contributed by atoms with E-state index in [1.807, 2.05) is 11.4 Å². The van der Waals surface area contributed by atoms with Gasteiger partial charge in [0.2, 0.25) is 5.91 Å². The summed E-state index contributed by atoms with van der Waals surface area (Å²) in [5, 5.41) is 5.58. The number of amides is 1. The van der Waals surface area contributed by atoms with E-state index in [4.69, 9.17) is 11.6 Å². The molecule has 70 valence electrons. The van der Waals surface area contributed by atoms with Gasteiger partial charge in [-0.05, 0) is 24.3 Å². The van der Waals surface area contributed by atoms with Gasteiger partial charge in [-0.25, -0.2) is 0 Å². The summed E-state index contributed by atoms with van der Waals surface area (Å²) in [5.41, 5.74) is 0. The normalized spacial score (nSPS) is 21.9. The molecule has 0 aliphatic carbocycles. The molecule has 1 aromatic heterocycles. The highest BCUT2D eigenvalue weighted by Gasteiger charge is 2.25. The van der Waals surface area contributed by atoms with E-state index in [0.717, 1.165) is 29.3 Å². The van der Waals surface area contributed by atoms with Crippen molar-refractivity contribution >= 4 is 28.8 Å². The highest BCUT2D eigenvalue weighted by molar-refractivity contribution is 7.10. The summed E-state index contributed by atoms with van der Waals surface area (Å²) in [6, 6.07) is 1.88. The van der Waals surface area contributed by atoms with Gasteiger partial charge in [0.05, 0.1) is 5.02 Å². The van der Waals surface area contributed by atoms with Gasteiger partial charge in [0, 0.05) is 17.3 Å². The zero-order valence-corrected chi connectivity index (χ0v) is 8.62. The van der Waals surface area contributed by atoms with Crippen LogP contribution in [0, 0.1) is 5.92 Å². The number of thiophene rings is 1. The quantitative estimate of drug-likeness (QED) is 0.804. The first-order valence-electron chi connectivity index (χ1n) is 4.27.